The van der Waals surface area contributed by atoms with Gasteiger partial charge in [0.2, 0.25) is 0 Å². The Morgan fingerprint density at radius 3 is 2.67 bits per heavy atom. The summed E-state index contributed by atoms with van der Waals surface area (Å²) in [5.74, 6) is 0.821. The van der Waals surface area contributed by atoms with E-state index < -0.39 is 0 Å². The van der Waals surface area contributed by atoms with Crippen LogP contribution in [0.25, 0.3) is 27.9 Å². The van der Waals surface area contributed by atoms with Gasteiger partial charge in [0.25, 0.3) is 0 Å². The summed E-state index contributed by atoms with van der Waals surface area (Å²) in [6.07, 6.45) is 1.77. The molecule has 0 bridgehead atoms. The number of nitrogens with zero attached hydrogens (tertiary/aromatic N) is 4. The van der Waals surface area contributed by atoms with Crippen LogP contribution in [0.5, 0.6) is 0 Å². The standard InChI is InChI=1S/C23H20FN5S/c1-15(2)27-20-14-17(10-12-26-20)22-19-4-3-5-21(30-13-11-25)29(19)28-23(22)16-6-8-18(24)9-7-16/h3-10,12,14-15H,13H2,1-2H3,(H,26,27). The van der Waals surface area contributed by atoms with Gasteiger partial charge < -0.3 is 5.32 Å². The van der Waals surface area contributed by atoms with E-state index in [0.29, 0.717) is 5.75 Å². The predicted octanol–water partition coefficient (Wildman–Crippen LogP) is 5.64. The van der Waals surface area contributed by atoms with E-state index in [4.69, 9.17) is 10.4 Å². The molecule has 5 nitrogen and oxygen atoms in total. The maximum absolute atomic E-state index is 13.5. The van der Waals surface area contributed by atoms with Gasteiger partial charge in [-0.25, -0.2) is 13.9 Å². The maximum atomic E-state index is 13.5. The van der Waals surface area contributed by atoms with Crippen molar-refractivity contribution < 1.29 is 4.39 Å². The predicted molar refractivity (Wildman–Crippen MR) is 119 cm³/mol. The Balaban J connectivity index is 1.95. The maximum Gasteiger partial charge on any atom is 0.126 e. The minimum absolute atomic E-state index is 0.252. The molecule has 1 N–H and O–H groups in total. The SMILES string of the molecule is CC(C)Nc1cc(-c2c(-c3ccc(F)cc3)nn3c(SCC#N)cccc23)ccn1. The van der Waals surface area contributed by atoms with E-state index in [0.717, 1.165) is 38.7 Å². The third-order valence-corrected chi connectivity index (χ3v) is 5.39. The highest BCUT2D eigenvalue weighted by atomic mass is 32.2. The average Bonchev–Trinajstić information content (AvgIpc) is 3.12. The van der Waals surface area contributed by atoms with Gasteiger partial charge in [-0.3, -0.25) is 0 Å². The van der Waals surface area contributed by atoms with Gasteiger partial charge in [-0.05, 0) is 67.9 Å². The first-order chi connectivity index (χ1) is 14.6. The lowest BCUT2D eigenvalue weighted by Gasteiger charge is -2.11. The largest absolute Gasteiger partial charge is 0.368 e. The number of nitrogens with one attached hydrogen (secondary N) is 1. The zero-order valence-electron chi connectivity index (χ0n) is 16.6. The summed E-state index contributed by atoms with van der Waals surface area (Å²) in [7, 11) is 0. The van der Waals surface area contributed by atoms with Crippen LogP contribution < -0.4 is 5.32 Å². The lowest BCUT2D eigenvalue weighted by Crippen LogP contribution is -2.10. The van der Waals surface area contributed by atoms with Crippen LogP contribution in [0, 0.1) is 17.1 Å². The van der Waals surface area contributed by atoms with Crippen molar-refractivity contribution >= 4 is 23.1 Å². The van der Waals surface area contributed by atoms with Crippen LogP contribution in [-0.2, 0) is 0 Å². The Kier molecular flexibility index (Phi) is 5.68. The monoisotopic (exact) mass is 417 g/mol. The Hall–Kier alpha value is -3.37. The van der Waals surface area contributed by atoms with Crippen LogP contribution in [0.3, 0.4) is 0 Å². The minimum atomic E-state index is -0.290. The van der Waals surface area contributed by atoms with Crippen molar-refractivity contribution in [2.24, 2.45) is 0 Å². The average molecular weight is 418 g/mol. The first-order valence-corrected chi connectivity index (χ1v) is 10.6. The molecule has 0 radical (unpaired) electrons. The first kappa shape index (κ1) is 19.9. The van der Waals surface area contributed by atoms with E-state index in [1.54, 1.807) is 18.3 Å². The Morgan fingerprint density at radius 2 is 1.93 bits per heavy atom. The molecule has 3 aromatic heterocycles. The number of halogens is 1. The fraction of sp³-hybridized carbons (Fsp3) is 0.174. The molecule has 0 aliphatic carbocycles. The van der Waals surface area contributed by atoms with E-state index in [1.807, 2.05) is 34.8 Å². The number of thioether (sulfide) groups is 1. The number of benzene rings is 1. The van der Waals surface area contributed by atoms with Gasteiger partial charge in [-0.1, -0.05) is 17.8 Å². The molecule has 3 heterocycles. The molecule has 0 aliphatic heterocycles. The van der Waals surface area contributed by atoms with Crippen molar-refractivity contribution in [3.8, 4) is 28.5 Å². The van der Waals surface area contributed by atoms with Crippen LogP contribution in [0.15, 0.2) is 65.8 Å². The highest BCUT2D eigenvalue weighted by Crippen LogP contribution is 2.37. The molecule has 30 heavy (non-hydrogen) atoms. The molecule has 7 heteroatoms. The number of rotatable bonds is 6. The molecule has 1 aromatic carbocycles. The molecule has 0 unspecified atom stereocenters. The molecule has 0 amide bonds. The van der Waals surface area contributed by atoms with Crippen molar-refractivity contribution in [3.05, 3.63) is 66.6 Å². The zero-order chi connectivity index (χ0) is 21.1. The number of nitriles is 1. The molecule has 4 aromatic rings. The van der Waals surface area contributed by atoms with Crippen LogP contribution in [0.4, 0.5) is 10.2 Å². The van der Waals surface area contributed by atoms with Crippen molar-refractivity contribution in [2.45, 2.75) is 24.9 Å². The molecule has 0 fully saturated rings. The van der Waals surface area contributed by atoms with Crippen molar-refractivity contribution in [2.75, 3.05) is 11.1 Å². The number of fused-ring (bicyclic) bond motifs is 1. The van der Waals surface area contributed by atoms with Crippen LogP contribution in [0.1, 0.15) is 13.8 Å². The second kappa shape index (κ2) is 8.56. The zero-order valence-corrected chi connectivity index (χ0v) is 17.4. The second-order valence-electron chi connectivity index (χ2n) is 7.07. The van der Waals surface area contributed by atoms with E-state index in [1.165, 1.54) is 23.9 Å². The fourth-order valence-corrected chi connectivity index (χ4v) is 3.96. The first-order valence-electron chi connectivity index (χ1n) is 9.57. The normalized spacial score (nSPS) is 11.0. The Labute approximate surface area is 178 Å². The van der Waals surface area contributed by atoms with Gasteiger partial charge in [0.15, 0.2) is 0 Å². The highest BCUT2D eigenvalue weighted by Gasteiger charge is 2.19. The summed E-state index contributed by atoms with van der Waals surface area (Å²) in [5.41, 5.74) is 4.39. The van der Waals surface area contributed by atoms with Crippen molar-refractivity contribution in [1.82, 2.24) is 14.6 Å². The fourth-order valence-electron chi connectivity index (χ4n) is 3.32. The summed E-state index contributed by atoms with van der Waals surface area (Å²) in [6, 6.07) is 18.6. The number of hydrogen-bond acceptors (Lipinski definition) is 5. The molecular formula is C23H20FN5S. The topological polar surface area (TPSA) is 66.0 Å². The summed E-state index contributed by atoms with van der Waals surface area (Å²) < 4.78 is 15.4. The molecule has 0 saturated carbocycles. The van der Waals surface area contributed by atoms with Gasteiger partial charge >= 0.3 is 0 Å². The lowest BCUT2D eigenvalue weighted by molar-refractivity contribution is 0.628. The second-order valence-corrected chi connectivity index (χ2v) is 8.06. The van der Waals surface area contributed by atoms with Crippen LogP contribution in [0.2, 0.25) is 0 Å². The minimum Gasteiger partial charge on any atom is -0.368 e. The van der Waals surface area contributed by atoms with Crippen LogP contribution >= 0.6 is 11.8 Å². The smallest absolute Gasteiger partial charge is 0.126 e. The third kappa shape index (κ3) is 4.00. The molecule has 0 atom stereocenters. The van der Waals surface area contributed by atoms with E-state index in [9.17, 15) is 4.39 Å². The van der Waals surface area contributed by atoms with E-state index >= 15 is 0 Å². The Bertz CT molecular complexity index is 1220. The molecule has 0 aliphatic rings. The molecular weight excluding hydrogens is 397 g/mol. The van der Waals surface area contributed by atoms with Gasteiger partial charge in [-0.15, -0.1) is 0 Å². The molecule has 0 spiro atoms. The lowest BCUT2D eigenvalue weighted by atomic mass is 10.0. The highest BCUT2D eigenvalue weighted by molar-refractivity contribution is 7.99. The van der Waals surface area contributed by atoms with Crippen LogP contribution in [-0.4, -0.2) is 26.4 Å². The quantitative estimate of drug-likeness (QED) is 0.411. The van der Waals surface area contributed by atoms with Gasteiger partial charge in [0.05, 0.1) is 22.4 Å². The van der Waals surface area contributed by atoms with E-state index in [-0.39, 0.29) is 11.9 Å². The number of hydrogen-bond donors (Lipinski definition) is 1. The number of anilines is 1. The van der Waals surface area contributed by atoms with E-state index in [2.05, 4.69) is 30.2 Å². The van der Waals surface area contributed by atoms with Gasteiger partial charge in [-0.2, -0.15) is 10.4 Å². The van der Waals surface area contributed by atoms with Crippen molar-refractivity contribution in [1.29, 1.82) is 5.26 Å². The number of aromatic nitrogens is 3. The third-order valence-electron chi connectivity index (χ3n) is 4.51. The van der Waals surface area contributed by atoms with Gasteiger partial charge in [0.1, 0.15) is 17.3 Å². The number of pyridine rings is 2. The summed E-state index contributed by atoms with van der Waals surface area (Å²) in [5, 5.41) is 18.1. The molecule has 150 valence electrons. The van der Waals surface area contributed by atoms with Crippen molar-refractivity contribution in [3.63, 3.8) is 0 Å². The summed E-state index contributed by atoms with van der Waals surface area (Å²) >= 11 is 1.43. The summed E-state index contributed by atoms with van der Waals surface area (Å²) in [6.45, 7) is 4.12. The van der Waals surface area contributed by atoms with Gasteiger partial charge in [0, 0.05) is 23.4 Å². The Morgan fingerprint density at radius 1 is 1.13 bits per heavy atom. The molecule has 0 saturated heterocycles. The summed E-state index contributed by atoms with van der Waals surface area (Å²) in [4.78, 5) is 4.41. The molecule has 4 rings (SSSR count).